The summed E-state index contributed by atoms with van der Waals surface area (Å²) in [4.78, 5) is 13.5. The van der Waals surface area contributed by atoms with Gasteiger partial charge in [-0.1, -0.05) is 23.2 Å². The second-order valence-electron chi connectivity index (χ2n) is 4.15. The fourth-order valence-corrected chi connectivity index (χ4v) is 2.14. The first-order valence-electron chi connectivity index (χ1n) is 5.72. The fourth-order valence-electron chi connectivity index (χ4n) is 1.72. The Bertz CT molecular complexity index is 421. The predicted octanol–water partition coefficient (Wildman–Crippen LogP) is 3.55. The molecule has 0 bridgehead atoms. The predicted molar refractivity (Wildman–Crippen MR) is 74.1 cm³/mol. The SMILES string of the molecule is CCOC(=O)CC(c1cc(Cl)ccc1Cl)N(C)C. The van der Waals surface area contributed by atoms with Crippen LogP contribution in [0.15, 0.2) is 18.2 Å². The lowest BCUT2D eigenvalue weighted by Crippen LogP contribution is -2.24. The molecule has 1 unspecified atom stereocenters. The van der Waals surface area contributed by atoms with E-state index in [2.05, 4.69) is 0 Å². The number of carbonyl (C=O) groups is 1. The van der Waals surface area contributed by atoms with Crippen molar-refractivity contribution in [3.05, 3.63) is 33.8 Å². The second-order valence-corrected chi connectivity index (χ2v) is 5.00. The van der Waals surface area contributed by atoms with Gasteiger partial charge in [0, 0.05) is 16.1 Å². The quantitative estimate of drug-likeness (QED) is 0.777. The van der Waals surface area contributed by atoms with E-state index in [1.165, 1.54) is 0 Å². The van der Waals surface area contributed by atoms with Crippen molar-refractivity contribution in [2.24, 2.45) is 0 Å². The third-order valence-corrected chi connectivity index (χ3v) is 3.19. The summed E-state index contributed by atoms with van der Waals surface area (Å²) in [5.41, 5.74) is 0.835. The molecule has 18 heavy (non-hydrogen) atoms. The van der Waals surface area contributed by atoms with Gasteiger partial charge in [-0.3, -0.25) is 4.79 Å². The molecular weight excluding hydrogens is 273 g/mol. The highest BCUT2D eigenvalue weighted by molar-refractivity contribution is 6.33. The van der Waals surface area contributed by atoms with Crippen molar-refractivity contribution in [1.82, 2.24) is 4.90 Å². The molecule has 0 fully saturated rings. The van der Waals surface area contributed by atoms with Gasteiger partial charge in [-0.25, -0.2) is 0 Å². The van der Waals surface area contributed by atoms with E-state index in [0.717, 1.165) is 5.56 Å². The summed E-state index contributed by atoms with van der Waals surface area (Å²) in [7, 11) is 3.78. The largest absolute Gasteiger partial charge is 0.466 e. The summed E-state index contributed by atoms with van der Waals surface area (Å²) in [6.07, 6.45) is 0.251. The molecule has 0 aliphatic heterocycles. The molecule has 0 aliphatic rings. The maximum Gasteiger partial charge on any atom is 0.307 e. The maximum atomic E-state index is 11.6. The molecular formula is C13H17Cl2NO2. The highest BCUT2D eigenvalue weighted by Gasteiger charge is 2.21. The fraction of sp³-hybridized carbons (Fsp3) is 0.462. The summed E-state index contributed by atoms with van der Waals surface area (Å²) >= 11 is 12.1. The molecule has 1 aromatic rings. The van der Waals surface area contributed by atoms with Gasteiger partial charge in [0.15, 0.2) is 0 Å². The molecule has 0 N–H and O–H groups in total. The highest BCUT2D eigenvalue weighted by Crippen LogP contribution is 2.31. The molecule has 0 aliphatic carbocycles. The van der Waals surface area contributed by atoms with Gasteiger partial charge < -0.3 is 9.64 Å². The molecule has 0 radical (unpaired) electrons. The van der Waals surface area contributed by atoms with Gasteiger partial charge in [-0.2, -0.15) is 0 Å². The number of esters is 1. The second kappa shape index (κ2) is 6.98. The summed E-state index contributed by atoms with van der Waals surface area (Å²) in [5.74, 6) is -0.243. The Kier molecular flexibility index (Phi) is 5.93. The molecule has 0 saturated heterocycles. The number of carbonyl (C=O) groups excluding carboxylic acids is 1. The first kappa shape index (κ1) is 15.3. The zero-order chi connectivity index (χ0) is 13.7. The van der Waals surface area contributed by atoms with Crippen molar-refractivity contribution in [2.45, 2.75) is 19.4 Å². The van der Waals surface area contributed by atoms with Crippen LogP contribution in [-0.2, 0) is 9.53 Å². The molecule has 0 amide bonds. The lowest BCUT2D eigenvalue weighted by molar-refractivity contribution is -0.144. The third kappa shape index (κ3) is 4.16. The molecule has 1 atom stereocenters. The molecule has 0 aromatic heterocycles. The molecule has 1 rings (SSSR count). The summed E-state index contributed by atoms with van der Waals surface area (Å²) in [6.45, 7) is 2.16. The summed E-state index contributed by atoms with van der Waals surface area (Å²) in [5, 5.41) is 1.20. The number of halogens is 2. The zero-order valence-electron chi connectivity index (χ0n) is 10.7. The molecule has 0 saturated carbocycles. The molecule has 3 nitrogen and oxygen atoms in total. The van der Waals surface area contributed by atoms with E-state index in [1.807, 2.05) is 19.0 Å². The monoisotopic (exact) mass is 289 g/mol. The van der Waals surface area contributed by atoms with Crippen LogP contribution in [0.1, 0.15) is 24.9 Å². The van der Waals surface area contributed by atoms with E-state index >= 15 is 0 Å². The molecule has 0 spiro atoms. The topological polar surface area (TPSA) is 29.5 Å². The Morgan fingerprint density at radius 1 is 1.39 bits per heavy atom. The van der Waals surface area contributed by atoms with Crippen molar-refractivity contribution < 1.29 is 9.53 Å². The molecule has 5 heteroatoms. The van der Waals surface area contributed by atoms with Gasteiger partial charge in [0.1, 0.15) is 0 Å². The number of hydrogen-bond donors (Lipinski definition) is 0. The van der Waals surface area contributed by atoms with Crippen LogP contribution in [0.3, 0.4) is 0 Å². The lowest BCUT2D eigenvalue weighted by atomic mass is 10.0. The van der Waals surface area contributed by atoms with Crippen molar-refractivity contribution in [2.75, 3.05) is 20.7 Å². The Morgan fingerprint density at radius 3 is 2.61 bits per heavy atom. The molecule has 0 heterocycles. The minimum atomic E-state index is -0.243. The minimum absolute atomic E-state index is 0.143. The minimum Gasteiger partial charge on any atom is -0.466 e. The third-order valence-electron chi connectivity index (χ3n) is 2.61. The maximum absolute atomic E-state index is 11.6. The Hall–Kier alpha value is -0.770. The van der Waals surface area contributed by atoms with Crippen LogP contribution in [0.4, 0.5) is 0 Å². The van der Waals surface area contributed by atoms with Crippen LogP contribution in [-0.4, -0.2) is 31.6 Å². The van der Waals surface area contributed by atoms with E-state index in [0.29, 0.717) is 16.7 Å². The van der Waals surface area contributed by atoms with Crippen molar-refractivity contribution in [3.63, 3.8) is 0 Å². The van der Waals surface area contributed by atoms with E-state index in [-0.39, 0.29) is 18.4 Å². The van der Waals surface area contributed by atoms with Crippen LogP contribution in [0, 0.1) is 0 Å². The summed E-state index contributed by atoms with van der Waals surface area (Å²) in [6, 6.07) is 5.11. The number of rotatable bonds is 5. The van der Waals surface area contributed by atoms with Crippen LogP contribution in [0.5, 0.6) is 0 Å². The average Bonchev–Trinajstić information content (AvgIpc) is 2.29. The number of benzene rings is 1. The van der Waals surface area contributed by atoms with Crippen LogP contribution < -0.4 is 0 Å². The van der Waals surface area contributed by atoms with Gasteiger partial charge in [-0.05, 0) is 44.8 Å². The summed E-state index contributed by atoms with van der Waals surface area (Å²) < 4.78 is 4.97. The standard InChI is InChI=1S/C13H17Cl2NO2/c1-4-18-13(17)8-12(16(2)3)10-7-9(14)5-6-11(10)15/h5-7,12H,4,8H2,1-3H3. The Morgan fingerprint density at radius 2 is 2.06 bits per heavy atom. The number of hydrogen-bond acceptors (Lipinski definition) is 3. The Labute approximate surface area is 118 Å². The zero-order valence-corrected chi connectivity index (χ0v) is 12.3. The number of nitrogens with zero attached hydrogens (tertiary/aromatic N) is 1. The van der Waals surface area contributed by atoms with Crippen LogP contribution in [0.25, 0.3) is 0 Å². The van der Waals surface area contributed by atoms with Crippen LogP contribution >= 0.6 is 23.2 Å². The molecule has 100 valence electrons. The number of ether oxygens (including phenoxy) is 1. The average molecular weight is 290 g/mol. The van der Waals surface area contributed by atoms with E-state index in [1.54, 1.807) is 25.1 Å². The van der Waals surface area contributed by atoms with Gasteiger partial charge in [0.05, 0.1) is 13.0 Å². The van der Waals surface area contributed by atoms with Gasteiger partial charge in [0.25, 0.3) is 0 Å². The normalized spacial score (nSPS) is 12.6. The van der Waals surface area contributed by atoms with Crippen molar-refractivity contribution >= 4 is 29.2 Å². The highest BCUT2D eigenvalue weighted by atomic mass is 35.5. The van der Waals surface area contributed by atoms with Crippen molar-refractivity contribution in [1.29, 1.82) is 0 Å². The van der Waals surface area contributed by atoms with Gasteiger partial charge >= 0.3 is 5.97 Å². The van der Waals surface area contributed by atoms with Crippen molar-refractivity contribution in [3.8, 4) is 0 Å². The Balaban J connectivity index is 2.97. The smallest absolute Gasteiger partial charge is 0.307 e. The van der Waals surface area contributed by atoms with E-state index in [4.69, 9.17) is 27.9 Å². The van der Waals surface area contributed by atoms with E-state index < -0.39 is 0 Å². The molecule has 1 aromatic carbocycles. The van der Waals surface area contributed by atoms with Gasteiger partial charge in [0.2, 0.25) is 0 Å². The van der Waals surface area contributed by atoms with E-state index in [9.17, 15) is 4.79 Å². The van der Waals surface area contributed by atoms with Crippen LogP contribution in [0.2, 0.25) is 10.0 Å². The van der Waals surface area contributed by atoms with Gasteiger partial charge in [-0.15, -0.1) is 0 Å². The first-order chi connectivity index (χ1) is 8.45. The lowest BCUT2D eigenvalue weighted by Gasteiger charge is -2.25. The first-order valence-corrected chi connectivity index (χ1v) is 6.48.